The third-order valence-corrected chi connectivity index (χ3v) is 6.04. The summed E-state index contributed by atoms with van der Waals surface area (Å²) < 4.78 is 31.8. The van der Waals surface area contributed by atoms with Crippen molar-refractivity contribution in [2.75, 3.05) is 11.4 Å². The molecule has 0 radical (unpaired) electrons. The minimum Gasteiger partial charge on any atom is -0.349 e. The van der Waals surface area contributed by atoms with Gasteiger partial charge in [-0.25, -0.2) is 23.0 Å². The van der Waals surface area contributed by atoms with Gasteiger partial charge >= 0.3 is 0 Å². The van der Waals surface area contributed by atoms with Gasteiger partial charge in [0.15, 0.2) is 5.65 Å². The van der Waals surface area contributed by atoms with E-state index in [4.69, 9.17) is 4.98 Å². The highest BCUT2D eigenvalue weighted by molar-refractivity contribution is 5.65. The van der Waals surface area contributed by atoms with Crippen molar-refractivity contribution in [1.29, 1.82) is 0 Å². The van der Waals surface area contributed by atoms with E-state index in [1.54, 1.807) is 34.0 Å². The molecule has 1 saturated heterocycles. The van der Waals surface area contributed by atoms with Crippen molar-refractivity contribution < 1.29 is 8.78 Å². The molecule has 0 amide bonds. The highest BCUT2D eigenvalue weighted by Gasteiger charge is 2.30. The Morgan fingerprint density at radius 2 is 1.82 bits per heavy atom. The number of benzene rings is 1. The van der Waals surface area contributed by atoms with Crippen LogP contribution < -0.4 is 4.90 Å². The second-order valence-electron chi connectivity index (χ2n) is 8.01. The van der Waals surface area contributed by atoms with Crippen LogP contribution >= 0.6 is 0 Å². The highest BCUT2D eigenvalue weighted by atomic mass is 19.1. The zero-order chi connectivity index (χ0) is 22.4. The zero-order valence-electron chi connectivity index (χ0n) is 17.5. The Bertz CT molecular complexity index is 1440. The van der Waals surface area contributed by atoms with Gasteiger partial charge in [-0.1, -0.05) is 0 Å². The molecule has 4 aromatic heterocycles. The molecule has 5 heterocycles. The van der Waals surface area contributed by atoms with Gasteiger partial charge in [-0.2, -0.15) is 10.2 Å². The van der Waals surface area contributed by atoms with E-state index < -0.39 is 11.6 Å². The molecule has 164 valence electrons. The standard InChI is InChI=1S/C24H19F2N7/c25-18-3-4-20(26)19(12-18)21-2-1-10-31(21)23-7-11-32-24(30-23)22(14-29-32)33-15-17(13-28-33)16-5-8-27-9-6-16/h3-9,11-15,21H,1-2,10H2. The van der Waals surface area contributed by atoms with E-state index in [1.807, 2.05) is 35.5 Å². The maximum Gasteiger partial charge on any atom is 0.183 e. The van der Waals surface area contributed by atoms with Crippen LogP contribution in [0.1, 0.15) is 24.4 Å². The van der Waals surface area contributed by atoms with Crippen molar-refractivity contribution in [3.05, 3.63) is 90.8 Å². The molecular formula is C24H19F2N7. The summed E-state index contributed by atoms with van der Waals surface area (Å²) in [6.45, 7) is 0.710. The molecule has 1 aromatic carbocycles. The van der Waals surface area contributed by atoms with Crippen molar-refractivity contribution in [2.24, 2.45) is 0 Å². The van der Waals surface area contributed by atoms with Crippen LogP contribution in [0.15, 0.2) is 73.6 Å². The van der Waals surface area contributed by atoms with E-state index in [-0.39, 0.29) is 6.04 Å². The van der Waals surface area contributed by atoms with E-state index in [0.29, 0.717) is 23.6 Å². The zero-order valence-corrected chi connectivity index (χ0v) is 17.5. The Kier molecular flexibility index (Phi) is 4.60. The van der Waals surface area contributed by atoms with Crippen molar-refractivity contribution in [2.45, 2.75) is 18.9 Å². The average Bonchev–Trinajstić information content (AvgIpc) is 3.60. The summed E-state index contributed by atoms with van der Waals surface area (Å²) in [5.41, 5.74) is 3.68. The molecule has 0 aliphatic carbocycles. The van der Waals surface area contributed by atoms with Crippen LogP contribution in [0.2, 0.25) is 0 Å². The molecule has 0 N–H and O–H groups in total. The fourth-order valence-electron chi connectivity index (χ4n) is 4.45. The molecule has 1 aliphatic heterocycles. The molecule has 5 aromatic rings. The summed E-state index contributed by atoms with van der Waals surface area (Å²) in [6.07, 6.45) is 12.3. The Morgan fingerprint density at radius 3 is 2.70 bits per heavy atom. The molecule has 33 heavy (non-hydrogen) atoms. The number of aromatic nitrogens is 6. The Balaban J connectivity index is 1.38. The lowest BCUT2D eigenvalue weighted by atomic mass is 10.0. The lowest BCUT2D eigenvalue weighted by molar-refractivity contribution is 0.560. The molecular weight excluding hydrogens is 424 g/mol. The number of nitrogens with zero attached hydrogens (tertiary/aromatic N) is 7. The smallest absolute Gasteiger partial charge is 0.183 e. The van der Waals surface area contributed by atoms with Crippen molar-refractivity contribution >= 4 is 11.5 Å². The maximum atomic E-state index is 14.5. The molecule has 0 saturated carbocycles. The van der Waals surface area contributed by atoms with Gasteiger partial charge in [0, 0.05) is 42.5 Å². The van der Waals surface area contributed by atoms with Gasteiger partial charge in [0.25, 0.3) is 0 Å². The topological polar surface area (TPSA) is 64.1 Å². The summed E-state index contributed by atoms with van der Waals surface area (Å²) in [5.74, 6) is -0.153. The van der Waals surface area contributed by atoms with Crippen LogP contribution in [0.4, 0.5) is 14.6 Å². The minimum absolute atomic E-state index is 0.273. The van der Waals surface area contributed by atoms with E-state index in [9.17, 15) is 8.78 Å². The fraction of sp³-hybridized carbons (Fsp3) is 0.167. The molecule has 0 bridgehead atoms. The van der Waals surface area contributed by atoms with Crippen molar-refractivity contribution in [3.63, 3.8) is 0 Å². The van der Waals surface area contributed by atoms with Gasteiger partial charge in [0.05, 0.1) is 18.4 Å². The van der Waals surface area contributed by atoms with E-state index >= 15 is 0 Å². The third kappa shape index (κ3) is 3.42. The number of hydrogen-bond donors (Lipinski definition) is 0. The number of fused-ring (bicyclic) bond motifs is 1. The molecule has 6 rings (SSSR count). The molecule has 7 nitrogen and oxygen atoms in total. The van der Waals surface area contributed by atoms with Crippen LogP contribution in [0.5, 0.6) is 0 Å². The first-order valence-corrected chi connectivity index (χ1v) is 10.7. The summed E-state index contributed by atoms with van der Waals surface area (Å²) in [4.78, 5) is 10.9. The Hall–Kier alpha value is -4.14. The average molecular weight is 443 g/mol. The van der Waals surface area contributed by atoms with Gasteiger partial charge in [-0.05, 0) is 54.8 Å². The summed E-state index contributed by atoms with van der Waals surface area (Å²) in [5, 5.41) is 8.90. The summed E-state index contributed by atoms with van der Waals surface area (Å²) in [6, 6.07) is 9.04. The number of halogens is 2. The third-order valence-electron chi connectivity index (χ3n) is 6.04. The first-order valence-electron chi connectivity index (χ1n) is 10.7. The van der Waals surface area contributed by atoms with Crippen LogP contribution in [-0.2, 0) is 0 Å². The van der Waals surface area contributed by atoms with E-state index in [0.717, 1.165) is 35.7 Å². The predicted molar refractivity (Wildman–Crippen MR) is 119 cm³/mol. The highest BCUT2D eigenvalue weighted by Crippen LogP contribution is 2.37. The quantitative estimate of drug-likeness (QED) is 0.406. The van der Waals surface area contributed by atoms with Gasteiger partial charge in [-0.3, -0.25) is 4.98 Å². The molecule has 1 fully saturated rings. The van der Waals surface area contributed by atoms with Crippen molar-refractivity contribution in [3.8, 4) is 16.8 Å². The lowest BCUT2D eigenvalue weighted by Gasteiger charge is -2.26. The summed E-state index contributed by atoms with van der Waals surface area (Å²) >= 11 is 0. The van der Waals surface area contributed by atoms with Crippen LogP contribution in [0.3, 0.4) is 0 Å². The SMILES string of the molecule is Fc1ccc(F)c(C2CCCN2c2ccn3ncc(-n4cc(-c5ccncc5)cn4)c3n2)c1. The molecule has 9 heteroatoms. The number of anilines is 1. The molecule has 1 aliphatic rings. The van der Waals surface area contributed by atoms with Gasteiger partial charge in [0.2, 0.25) is 0 Å². The Labute approximate surface area is 188 Å². The van der Waals surface area contributed by atoms with E-state index in [1.165, 1.54) is 12.1 Å². The van der Waals surface area contributed by atoms with Crippen LogP contribution in [0.25, 0.3) is 22.5 Å². The predicted octanol–water partition coefficient (Wildman–Crippen LogP) is 4.60. The lowest BCUT2D eigenvalue weighted by Crippen LogP contribution is -2.24. The fourth-order valence-corrected chi connectivity index (χ4v) is 4.45. The minimum atomic E-state index is -0.441. The number of pyridine rings is 1. The largest absolute Gasteiger partial charge is 0.349 e. The molecule has 1 atom stereocenters. The second-order valence-corrected chi connectivity index (χ2v) is 8.01. The van der Waals surface area contributed by atoms with Crippen LogP contribution in [-0.4, -0.2) is 35.9 Å². The Morgan fingerprint density at radius 1 is 0.939 bits per heavy atom. The number of hydrogen-bond acceptors (Lipinski definition) is 5. The molecule has 0 spiro atoms. The summed E-state index contributed by atoms with van der Waals surface area (Å²) in [7, 11) is 0. The second kappa shape index (κ2) is 7.77. The first-order chi connectivity index (χ1) is 16.2. The maximum absolute atomic E-state index is 14.5. The van der Waals surface area contributed by atoms with Gasteiger partial charge < -0.3 is 4.90 Å². The van der Waals surface area contributed by atoms with Crippen molar-refractivity contribution in [1.82, 2.24) is 29.4 Å². The first kappa shape index (κ1) is 19.5. The van der Waals surface area contributed by atoms with Gasteiger partial charge in [0.1, 0.15) is 23.1 Å². The van der Waals surface area contributed by atoms with Crippen LogP contribution in [0, 0.1) is 11.6 Å². The number of rotatable bonds is 4. The monoisotopic (exact) mass is 443 g/mol. The molecule has 1 unspecified atom stereocenters. The van der Waals surface area contributed by atoms with E-state index in [2.05, 4.69) is 15.2 Å². The normalized spacial score (nSPS) is 16.1. The van der Waals surface area contributed by atoms with Gasteiger partial charge in [-0.15, -0.1) is 0 Å².